The van der Waals surface area contributed by atoms with Gasteiger partial charge in [0.05, 0.1) is 18.7 Å². The van der Waals surface area contributed by atoms with Crippen molar-refractivity contribution in [3.8, 4) is 0 Å². The minimum Gasteiger partial charge on any atom is -0.383 e. The molecule has 0 saturated carbocycles. The van der Waals surface area contributed by atoms with E-state index in [0.29, 0.717) is 5.56 Å². The highest BCUT2D eigenvalue weighted by Crippen LogP contribution is 2.27. The van der Waals surface area contributed by atoms with Crippen molar-refractivity contribution in [1.29, 1.82) is 0 Å². The average Bonchev–Trinajstić information content (AvgIpc) is 3.14. The molecule has 8 heteroatoms. The van der Waals surface area contributed by atoms with Crippen LogP contribution in [0.4, 0.5) is 11.5 Å². The number of nitrogens with two attached hydrogens (primary N) is 1. The van der Waals surface area contributed by atoms with E-state index < -0.39 is 11.2 Å². The Balaban J connectivity index is 1.86. The van der Waals surface area contributed by atoms with E-state index in [2.05, 4.69) is 4.98 Å². The van der Waals surface area contributed by atoms with Crippen LogP contribution in [0, 0.1) is 13.8 Å². The molecule has 0 aliphatic heterocycles. The Kier molecular flexibility index (Phi) is 6.28. The number of thiophene rings is 1. The lowest BCUT2D eigenvalue weighted by Gasteiger charge is -2.25. The van der Waals surface area contributed by atoms with Crippen molar-refractivity contribution in [2.24, 2.45) is 0 Å². The standard InChI is InChI=1S/C25H24N4O3S/c1-16-13-20(17(2)33-16)24(31)28(14-18-9-5-3-6-10-18)21-22(26)29(25(32)27-23(21)30)15-19-11-7-4-8-12-19/h3-13H,14-15,26H2,1-2H3,(H,27,30,32). The van der Waals surface area contributed by atoms with Gasteiger partial charge < -0.3 is 5.73 Å². The van der Waals surface area contributed by atoms with Gasteiger partial charge in [0.1, 0.15) is 5.82 Å². The summed E-state index contributed by atoms with van der Waals surface area (Å²) in [5.41, 5.74) is 7.21. The molecule has 0 aliphatic carbocycles. The van der Waals surface area contributed by atoms with Crippen LogP contribution in [0.3, 0.4) is 0 Å². The number of nitrogens with one attached hydrogen (secondary N) is 1. The third-order valence-electron chi connectivity index (χ3n) is 5.37. The van der Waals surface area contributed by atoms with E-state index in [1.54, 1.807) is 0 Å². The minimum absolute atomic E-state index is 0.0392. The summed E-state index contributed by atoms with van der Waals surface area (Å²) in [7, 11) is 0. The van der Waals surface area contributed by atoms with E-state index >= 15 is 0 Å². The molecule has 4 rings (SSSR count). The summed E-state index contributed by atoms with van der Waals surface area (Å²) in [4.78, 5) is 44.8. The second-order valence-electron chi connectivity index (χ2n) is 7.77. The highest BCUT2D eigenvalue weighted by atomic mass is 32.1. The number of carbonyl (C=O) groups is 1. The maximum atomic E-state index is 13.7. The van der Waals surface area contributed by atoms with Gasteiger partial charge in [0.15, 0.2) is 5.69 Å². The van der Waals surface area contributed by atoms with Crippen molar-refractivity contribution < 1.29 is 4.79 Å². The smallest absolute Gasteiger partial charge is 0.330 e. The summed E-state index contributed by atoms with van der Waals surface area (Å²) < 4.78 is 1.28. The number of nitrogens with zero attached hydrogens (tertiary/aromatic N) is 2. The predicted octanol–water partition coefficient (Wildman–Crippen LogP) is 3.69. The first-order chi connectivity index (χ1) is 15.8. The maximum absolute atomic E-state index is 13.7. The number of amides is 1. The highest BCUT2D eigenvalue weighted by molar-refractivity contribution is 7.12. The maximum Gasteiger partial charge on any atom is 0.330 e. The minimum atomic E-state index is -0.698. The quantitative estimate of drug-likeness (QED) is 0.458. The Labute approximate surface area is 194 Å². The van der Waals surface area contributed by atoms with Crippen molar-refractivity contribution in [3.63, 3.8) is 0 Å². The van der Waals surface area contributed by atoms with Crippen LogP contribution in [0.5, 0.6) is 0 Å². The molecule has 0 spiro atoms. The number of rotatable bonds is 6. The summed E-state index contributed by atoms with van der Waals surface area (Å²) in [6.07, 6.45) is 0. The zero-order valence-electron chi connectivity index (χ0n) is 18.4. The molecule has 7 nitrogen and oxygen atoms in total. The molecule has 33 heavy (non-hydrogen) atoms. The topological polar surface area (TPSA) is 101 Å². The third kappa shape index (κ3) is 4.65. The Morgan fingerprint density at radius 1 is 1.00 bits per heavy atom. The van der Waals surface area contributed by atoms with E-state index in [9.17, 15) is 14.4 Å². The molecule has 168 valence electrons. The van der Waals surface area contributed by atoms with Gasteiger partial charge in [-0.25, -0.2) is 4.79 Å². The Morgan fingerprint density at radius 2 is 1.61 bits per heavy atom. The van der Waals surface area contributed by atoms with Gasteiger partial charge in [0.2, 0.25) is 0 Å². The fourth-order valence-electron chi connectivity index (χ4n) is 3.77. The summed E-state index contributed by atoms with van der Waals surface area (Å²) in [6, 6.07) is 20.5. The number of hydrogen-bond acceptors (Lipinski definition) is 5. The molecule has 3 N–H and O–H groups in total. The van der Waals surface area contributed by atoms with Crippen molar-refractivity contribution in [2.75, 3.05) is 10.6 Å². The molecule has 0 atom stereocenters. The monoisotopic (exact) mass is 460 g/mol. The van der Waals surface area contributed by atoms with Gasteiger partial charge in [-0.15, -0.1) is 11.3 Å². The molecule has 4 aromatic rings. The largest absolute Gasteiger partial charge is 0.383 e. The van der Waals surface area contributed by atoms with Crippen LogP contribution in [0.1, 0.15) is 31.2 Å². The molecule has 2 heterocycles. The van der Waals surface area contributed by atoms with Crippen molar-refractivity contribution in [3.05, 3.63) is 114 Å². The van der Waals surface area contributed by atoms with E-state index in [1.165, 1.54) is 20.8 Å². The predicted molar refractivity (Wildman–Crippen MR) is 132 cm³/mol. The molecule has 0 fully saturated rings. The van der Waals surface area contributed by atoms with Gasteiger partial charge in [-0.3, -0.25) is 24.0 Å². The van der Waals surface area contributed by atoms with Crippen molar-refractivity contribution >= 4 is 28.7 Å². The summed E-state index contributed by atoms with van der Waals surface area (Å²) in [6.45, 7) is 4.09. The van der Waals surface area contributed by atoms with Gasteiger partial charge in [-0.2, -0.15) is 0 Å². The molecular weight excluding hydrogens is 436 g/mol. The average molecular weight is 461 g/mol. The number of anilines is 2. The Morgan fingerprint density at radius 3 is 2.18 bits per heavy atom. The second kappa shape index (κ2) is 9.30. The molecule has 2 aromatic carbocycles. The summed E-state index contributed by atoms with van der Waals surface area (Å²) in [5.74, 6) is -0.399. The lowest BCUT2D eigenvalue weighted by Crippen LogP contribution is -2.41. The molecule has 0 unspecified atom stereocenters. The van der Waals surface area contributed by atoms with Crippen LogP contribution in [0.25, 0.3) is 0 Å². The lowest BCUT2D eigenvalue weighted by atomic mass is 10.1. The Bertz CT molecular complexity index is 1410. The molecule has 2 aromatic heterocycles. The van der Waals surface area contributed by atoms with Crippen LogP contribution in [-0.4, -0.2) is 15.5 Å². The van der Waals surface area contributed by atoms with Gasteiger partial charge in [-0.1, -0.05) is 60.7 Å². The highest BCUT2D eigenvalue weighted by Gasteiger charge is 2.27. The van der Waals surface area contributed by atoms with E-state index in [-0.39, 0.29) is 30.5 Å². The molecule has 0 saturated heterocycles. The number of benzene rings is 2. The SMILES string of the molecule is Cc1cc(C(=O)N(Cc2ccccc2)c2c(N)n(Cc3ccccc3)c(=O)[nH]c2=O)c(C)s1. The number of nitrogen functional groups attached to an aromatic ring is 1. The number of aromatic amines is 1. The summed E-state index contributed by atoms with van der Waals surface area (Å²) in [5, 5.41) is 0. The molecule has 0 aliphatic rings. The molecule has 1 amide bonds. The molecular formula is C25H24N4O3S. The lowest BCUT2D eigenvalue weighted by molar-refractivity contribution is 0.0984. The zero-order valence-corrected chi connectivity index (χ0v) is 19.2. The summed E-state index contributed by atoms with van der Waals surface area (Å²) >= 11 is 1.51. The third-order valence-corrected chi connectivity index (χ3v) is 6.33. The number of aryl methyl sites for hydroxylation is 2. The fraction of sp³-hybridized carbons (Fsp3) is 0.160. The van der Waals surface area contributed by atoms with Crippen LogP contribution in [0.2, 0.25) is 0 Å². The zero-order chi connectivity index (χ0) is 23.5. The van der Waals surface area contributed by atoms with Crippen LogP contribution in [0.15, 0.2) is 76.3 Å². The fourth-order valence-corrected chi connectivity index (χ4v) is 4.68. The second-order valence-corrected chi connectivity index (χ2v) is 9.23. The van der Waals surface area contributed by atoms with Crippen LogP contribution < -0.4 is 21.9 Å². The molecule has 0 radical (unpaired) electrons. The first kappa shape index (κ1) is 22.3. The van der Waals surface area contributed by atoms with Gasteiger partial charge in [0, 0.05) is 9.75 Å². The first-order valence-electron chi connectivity index (χ1n) is 10.4. The normalized spacial score (nSPS) is 10.8. The van der Waals surface area contributed by atoms with Gasteiger partial charge >= 0.3 is 5.69 Å². The molecule has 0 bridgehead atoms. The van der Waals surface area contributed by atoms with Gasteiger partial charge in [0.25, 0.3) is 11.5 Å². The van der Waals surface area contributed by atoms with E-state index in [4.69, 9.17) is 5.73 Å². The van der Waals surface area contributed by atoms with Gasteiger partial charge in [-0.05, 0) is 31.0 Å². The first-order valence-corrected chi connectivity index (χ1v) is 11.3. The van der Waals surface area contributed by atoms with E-state index in [0.717, 1.165) is 20.9 Å². The number of H-pyrrole nitrogens is 1. The number of hydrogen-bond donors (Lipinski definition) is 2. The van der Waals surface area contributed by atoms with Crippen molar-refractivity contribution in [2.45, 2.75) is 26.9 Å². The number of carbonyl (C=O) groups excluding carboxylic acids is 1. The van der Waals surface area contributed by atoms with Crippen LogP contribution >= 0.6 is 11.3 Å². The van der Waals surface area contributed by atoms with E-state index in [1.807, 2.05) is 80.6 Å². The number of aromatic nitrogens is 2. The Hall–Kier alpha value is -3.91. The van der Waals surface area contributed by atoms with Crippen LogP contribution in [-0.2, 0) is 13.1 Å². The van der Waals surface area contributed by atoms with Crippen molar-refractivity contribution in [1.82, 2.24) is 9.55 Å².